The van der Waals surface area contributed by atoms with Gasteiger partial charge in [-0.2, -0.15) is 0 Å². The van der Waals surface area contributed by atoms with Crippen molar-refractivity contribution < 1.29 is 0 Å². The lowest BCUT2D eigenvalue weighted by atomic mass is 9.99. The molecule has 47 heavy (non-hydrogen) atoms. The molecule has 0 spiro atoms. The minimum absolute atomic E-state index is 0.631. The molecule has 0 atom stereocenters. The molecule has 0 aliphatic carbocycles. The fourth-order valence-electron chi connectivity index (χ4n) is 6.15. The highest BCUT2D eigenvalue weighted by molar-refractivity contribution is 6.09. The van der Waals surface area contributed by atoms with Gasteiger partial charge in [0.2, 0.25) is 0 Å². The molecule has 6 heteroatoms. The smallest absolute Gasteiger partial charge is 0.164 e. The summed E-state index contributed by atoms with van der Waals surface area (Å²) < 4.78 is 2.13. The molecular weight excluding hydrogens is 576 g/mol. The third-order valence-electron chi connectivity index (χ3n) is 8.46. The van der Waals surface area contributed by atoms with Gasteiger partial charge in [0, 0.05) is 33.8 Å². The van der Waals surface area contributed by atoms with Gasteiger partial charge in [-0.3, -0.25) is 4.40 Å². The molecule has 9 aromatic rings. The van der Waals surface area contributed by atoms with E-state index in [0.717, 1.165) is 66.7 Å². The van der Waals surface area contributed by atoms with Crippen LogP contribution >= 0.6 is 0 Å². The summed E-state index contributed by atoms with van der Waals surface area (Å²) in [4.78, 5) is 24.8. The second kappa shape index (κ2) is 11.1. The number of nitrogens with zero attached hydrogens (tertiary/aromatic N) is 6. The zero-order chi connectivity index (χ0) is 31.2. The highest BCUT2D eigenvalue weighted by Crippen LogP contribution is 2.34. The van der Waals surface area contributed by atoms with Crippen LogP contribution < -0.4 is 0 Å². The van der Waals surface area contributed by atoms with Gasteiger partial charge in [0.1, 0.15) is 11.2 Å². The molecule has 0 aliphatic rings. The van der Waals surface area contributed by atoms with Gasteiger partial charge in [0.15, 0.2) is 17.5 Å². The van der Waals surface area contributed by atoms with Crippen LogP contribution in [0.15, 0.2) is 158 Å². The Bertz CT molecular complexity index is 2500. The number of hydrogen-bond acceptors (Lipinski definition) is 5. The first-order valence-electron chi connectivity index (χ1n) is 15.5. The average Bonchev–Trinajstić information content (AvgIpc) is 3.55. The van der Waals surface area contributed by atoms with E-state index in [1.54, 1.807) is 0 Å². The number of benzene rings is 5. The third-order valence-corrected chi connectivity index (χ3v) is 8.46. The van der Waals surface area contributed by atoms with Gasteiger partial charge in [-0.1, -0.05) is 127 Å². The average molecular weight is 603 g/mol. The van der Waals surface area contributed by atoms with E-state index in [4.69, 9.17) is 24.9 Å². The Labute approximate surface area is 270 Å². The van der Waals surface area contributed by atoms with Crippen LogP contribution in [0.3, 0.4) is 0 Å². The van der Waals surface area contributed by atoms with Crippen LogP contribution in [0, 0.1) is 0 Å². The largest absolute Gasteiger partial charge is 0.298 e. The summed E-state index contributed by atoms with van der Waals surface area (Å²) in [5.41, 5.74) is 10.7. The maximum atomic E-state index is 5.14. The van der Waals surface area contributed by atoms with Crippen LogP contribution in [0.25, 0.3) is 84.1 Å². The van der Waals surface area contributed by atoms with Crippen molar-refractivity contribution in [1.82, 2.24) is 29.3 Å². The number of rotatable bonds is 5. The van der Waals surface area contributed by atoms with Crippen molar-refractivity contribution in [1.29, 1.82) is 0 Å². The normalized spacial score (nSPS) is 11.4. The van der Waals surface area contributed by atoms with Crippen LogP contribution in [-0.4, -0.2) is 29.3 Å². The maximum absolute atomic E-state index is 5.14. The summed E-state index contributed by atoms with van der Waals surface area (Å²) in [6.45, 7) is 0. The lowest BCUT2D eigenvalue weighted by molar-refractivity contribution is 1.07. The van der Waals surface area contributed by atoms with Gasteiger partial charge in [0.05, 0.1) is 16.7 Å². The Kier molecular flexibility index (Phi) is 6.35. The number of imidazole rings is 1. The summed E-state index contributed by atoms with van der Waals surface area (Å²) >= 11 is 0. The molecular formula is C41H26N6. The van der Waals surface area contributed by atoms with Crippen molar-refractivity contribution in [2.75, 3.05) is 0 Å². The monoisotopic (exact) mass is 602 g/mol. The number of aromatic nitrogens is 6. The van der Waals surface area contributed by atoms with Crippen LogP contribution in [0.5, 0.6) is 0 Å². The highest BCUT2D eigenvalue weighted by atomic mass is 15.0. The Morgan fingerprint density at radius 3 is 1.68 bits per heavy atom. The number of hydrogen-bond donors (Lipinski definition) is 0. The molecule has 0 N–H and O–H groups in total. The van der Waals surface area contributed by atoms with Gasteiger partial charge in [-0.15, -0.1) is 0 Å². The summed E-state index contributed by atoms with van der Waals surface area (Å²) in [5, 5.41) is 1.05. The summed E-state index contributed by atoms with van der Waals surface area (Å²) in [6.07, 6.45) is 2.05. The zero-order valence-electron chi connectivity index (χ0n) is 25.2. The van der Waals surface area contributed by atoms with E-state index in [9.17, 15) is 0 Å². The second-order valence-electron chi connectivity index (χ2n) is 11.4. The third kappa shape index (κ3) is 4.80. The number of para-hydroxylation sites is 1. The lowest BCUT2D eigenvalue weighted by Gasteiger charge is -2.10. The van der Waals surface area contributed by atoms with E-state index in [2.05, 4.69) is 71.3 Å². The minimum atomic E-state index is 0.631. The van der Waals surface area contributed by atoms with Gasteiger partial charge >= 0.3 is 0 Å². The van der Waals surface area contributed by atoms with Crippen molar-refractivity contribution in [2.45, 2.75) is 0 Å². The fourth-order valence-corrected chi connectivity index (χ4v) is 6.15. The van der Waals surface area contributed by atoms with Crippen LogP contribution in [-0.2, 0) is 0 Å². The maximum Gasteiger partial charge on any atom is 0.164 e. The molecule has 0 radical (unpaired) electrons. The summed E-state index contributed by atoms with van der Waals surface area (Å²) in [7, 11) is 0. The van der Waals surface area contributed by atoms with Crippen molar-refractivity contribution in [3.8, 4) is 56.5 Å². The summed E-state index contributed by atoms with van der Waals surface area (Å²) in [5.74, 6) is 1.92. The van der Waals surface area contributed by atoms with Crippen molar-refractivity contribution in [2.24, 2.45) is 0 Å². The zero-order valence-corrected chi connectivity index (χ0v) is 25.2. The SMILES string of the molecule is c1ccc(-c2nc(-c3ccccc3)nc(-c3cccc(-c4ccc(-c5nc6ccccc6c6nc7ccccn7c56)cc4)c3)n2)cc1. The van der Waals surface area contributed by atoms with E-state index in [-0.39, 0.29) is 0 Å². The van der Waals surface area contributed by atoms with Gasteiger partial charge in [-0.05, 0) is 35.4 Å². The predicted molar refractivity (Wildman–Crippen MR) is 189 cm³/mol. The highest BCUT2D eigenvalue weighted by Gasteiger charge is 2.17. The Morgan fingerprint density at radius 2 is 0.957 bits per heavy atom. The van der Waals surface area contributed by atoms with E-state index in [1.165, 1.54) is 0 Å². The molecule has 0 aliphatic heterocycles. The molecule has 220 valence electrons. The van der Waals surface area contributed by atoms with Crippen molar-refractivity contribution >= 4 is 27.6 Å². The van der Waals surface area contributed by atoms with E-state index in [1.807, 2.05) is 91.0 Å². The van der Waals surface area contributed by atoms with Crippen LogP contribution in [0.1, 0.15) is 0 Å². The number of pyridine rings is 2. The molecule has 6 nitrogen and oxygen atoms in total. The van der Waals surface area contributed by atoms with Crippen molar-refractivity contribution in [3.63, 3.8) is 0 Å². The molecule has 9 rings (SSSR count). The molecule has 0 fully saturated rings. The first-order valence-corrected chi connectivity index (χ1v) is 15.5. The fraction of sp³-hybridized carbons (Fsp3) is 0. The Morgan fingerprint density at radius 1 is 0.383 bits per heavy atom. The van der Waals surface area contributed by atoms with Crippen LogP contribution in [0.4, 0.5) is 0 Å². The molecule has 0 saturated heterocycles. The topological polar surface area (TPSA) is 68.9 Å². The quantitative estimate of drug-likeness (QED) is 0.196. The Balaban J connectivity index is 1.13. The molecule has 0 bridgehead atoms. The van der Waals surface area contributed by atoms with Crippen LogP contribution in [0.2, 0.25) is 0 Å². The first-order chi connectivity index (χ1) is 23.3. The molecule has 0 unspecified atom stereocenters. The second-order valence-corrected chi connectivity index (χ2v) is 11.4. The van der Waals surface area contributed by atoms with Crippen molar-refractivity contribution in [3.05, 3.63) is 158 Å². The molecule has 0 saturated carbocycles. The van der Waals surface area contributed by atoms with E-state index < -0.39 is 0 Å². The molecule has 4 aromatic heterocycles. The van der Waals surface area contributed by atoms with Gasteiger partial charge in [-0.25, -0.2) is 24.9 Å². The molecule has 4 heterocycles. The predicted octanol–water partition coefficient (Wildman–Crippen LogP) is 9.56. The van der Waals surface area contributed by atoms with Gasteiger partial charge < -0.3 is 0 Å². The molecule has 0 amide bonds. The van der Waals surface area contributed by atoms with E-state index in [0.29, 0.717) is 17.5 Å². The van der Waals surface area contributed by atoms with E-state index >= 15 is 0 Å². The first kappa shape index (κ1) is 26.8. The Hall–Kier alpha value is -6.53. The number of fused-ring (bicyclic) bond motifs is 5. The standard InChI is InChI=1S/C41H26N6/c1-3-12-29(13-4-1)39-44-40(30-14-5-2-6-15-30)46-41(45-39)32-17-11-16-31(26-32)27-21-23-28(24-22-27)36-38-37(33-18-7-8-19-34(33)42-36)43-35-20-9-10-25-47(35)38/h1-26H. The summed E-state index contributed by atoms with van der Waals surface area (Å²) in [6, 6.07) is 51.3. The lowest BCUT2D eigenvalue weighted by Crippen LogP contribution is -2.00. The van der Waals surface area contributed by atoms with Gasteiger partial charge in [0.25, 0.3) is 0 Å². The minimum Gasteiger partial charge on any atom is -0.298 e. The molecule has 5 aromatic carbocycles.